The lowest BCUT2D eigenvalue weighted by atomic mass is 10.2. The molecule has 0 spiro atoms. The van der Waals surface area contributed by atoms with Gasteiger partial charge in [0.1, 0.15) is 6.04 Å². The van der Waals surface area contributed by atoms with Crippen molar-refractivity contribution < 1.29 is 14.7 Å². The topological polar surface area (TPSA) is 78.4 Å². The minimum Gasteiger partial charge on any atom is -0.480 e. The average molecular weight is 202 g/mol. The van der Waals surface area contributed by atoms with E-state index in [-0.39, 0.29) is 5.91 Å². The summed E-state index contributed by atoms with van der Waals surface area (Å²) < 4.78 is 0. The molecule has 0 unspecified atom stereocenters. The van der Waals surface area contributed by atoms with Crippen LogP contribution >= 0.6 is 0 Å². The van der Waals surface area contributed by atoms with Gasteiger partial charge in [-0.3, -0.25) is 9.59 Å². The highest BCUT2D eigenvalue weighted by atomic mass is 16.4. The van der Waals surface area contributed by atoms with Gasteiger partial charge in [-0.2, -0.15) is 0 Å². The van der Waals surface area contributed by atoms with Crippen LogP contribution in [0.5, 0.6) is 0 Å². The van der Waals surface area contributed by atoms with E-state index in [1.807, 2.05) is 6.92 Å². The van der Waals surface area contributed by atoms with Crippen LogP contribution in [-0.4, -0.2) is 36.6 Å². The van der Waals surface area contributed by atoms with Crippen molar-refractivity contribution in [2.75, 3.05) is 13.6 Å². The fourth-order valence-electron chi connectivity index (χ4n) is 1.06. The first-order chi connectivity index (χ1) is 6.61. The molecule has 1 amide bonds. The van der Waals surface area contributed by atoms with Crippen LogP contribution in [0.3, 0.4) is 0 Å². The lowest BCUT2D eigenvalue weighted by molar-refractivity contribution is -0.139. The van der Waals surface area contributed by atoms with Crippen molar-refractivity contribution in [3.8, 4) is 0 Å². The van der Waals surface area contributed by atoms with Crippen molar-refractivity contribution in [2.45, 2.75) is 32.2 Å². The number of hydrogen-bond donors (Lipinski definition) is 3. The van der Waals surface area contributed by atoms with Crippen molar-refractivity contribution >= 4 is 11.9 Å². The maximum atomic E-state index is 11.0. The Kier molecular flexibility index (Phi) is 6.74. The number of hydrogen-bond acceptors (Lipinski definition) is 3. The lowest BCUT2D eigenvalue weighted by Crippen LogP contribution is -2.37. The van der Waals surface area contributed by atoms with E-state index in [4.69, 9.17) is 5.11 Å². The maximum Gasteiger partial charge on any atom is 0.320 e. The molecular weight excluding hydrogens is 184 g/mol. The van der Waals surface area contributed by atoms with Gasteiger partial charge in [0.2, 0.25) is 5.91 Å². The molecule has 14 heavy (non-hydrogen) atoms. The Morgan fingerprint density at radius 2 is 2.07 bits per heavy atom. The summed E-state index contributed by atoms with van der Waals surface area (Å²) in [6.45, 7) is 2.32. The van der Waals surface area contributed by atoms with Crippen molar-refractivity contribution in [1.29, 1.82) is 0 Å². The maximum absolute atomic E-state index is 11.0. The molecule has 3 N–H and O–H groups in total. The van der Waals surface area contributed by atoms with Crippen molar-refractivity contribution in [1.82, 2.24) is 10.6 Å². The number of carboxylic acid groups (broad SMARTS) is 1. The Balaban J connectivity index is 3.61. The molecule has 0 aliphatic rings. The highest BCUT2D eigenvalue weighted by Gasteiger charge is 2.13. The van der Waals surface area contributed by atoms with Gasteiger partial charge < -0.3 is 15.7 Å². The van der Waals surface area contributed by atoms with Gasteiger partial charge in [0.05, 0.1) is 0 Å². The third kappa shape index (κ3) is 5.53. The van der Waals surface area contributed by atoms with Crippen LogP contribution < -0.4 is 10.6 Å². The Hall–Kier alpha value is -1.10. The molecule has 0 aliphatic heterocycles. The van der Waals surface area contributed by atoms with Gasteiger partial charge in [-0.25, -0.2) is 0 Å². The monoisotopic (exact) mass is 202 g/mol. The van der Waals surface area contributed by atoms with Crippen LogP contribution in [0.15, 0.2) is 0 Å². The predicted octanol–water partition coefficient (Wildman–Crippen LogP) is -0.0346. The molecule has 0 fully saturated rings. The number of carbonyl (C=O) groups is 2. The van der Waals surface area contributed by atoms with Crippen molar-refractivity contribution in [2.24, 2.45) is 0 Å². The van der Waals surface area contributed by atoms with Gasteiger partial charge in [-0.05, 0) is 19.9 Å². The molecule has 0 aliphatic carbocycles. The van der Waals surface area contributed by atoms with Gasteiger partial charge in [0, 0.05) is 13.0 Å². The second kappa shape index (κ2) is 7.32. The smallest absolute Gasteiger partial charge is 0.320 e. The quantitative estimate of drug-likeness (QED) is 0.541. The van der Waals surface area contributed by atoms with Gasteiger partial charge in [0.25, 0.3) is 0 Å². The van der Waals surface area contributed by atoms with Gasteiger partial charge >= 0.3 is 5.97 Å². The summed E-state index contributed by atoms with van der Waals surface area (Å²) in [6.07, 6.45) is 1.71. The van der Waals surface area contributed by atoms with E-state index in [1.54, 1.807) is 7.05 Å². The van der Waals surface area contributed by atoms with Crippen LogP contribution in [0.1, 0.15) is 26.2 Å². The summed E-state index contributed by atoms with van der Waals surface area (Å²) in [6, 6.07) is -0.586. The fraction of sp³-hybridized carbons (Fsp3) is 0.778. The van der Waals surface area contributed by atoms with Crippen molar-refractivity contribution in [3.63, 3.8) is 0 Å². The van der Waals surface area contributed by atoms with E-state index in [1.165, 1.54) is 0 Å². The zero-order valence-electron chi connectivity index (χ0n) is 8.67. The van der Waals surface area contributed by atoms with Gasteiger partial charge in [0.15, 0.2) is 0 Å². The van der Waals surface area contributed by atoms with E-state index >= 15 is 0 Å². The minimum atomic E-state index is -0.891. The Bertz CT molecular complexity index is 194. The molecule has 5 nitrogen and oxygen atoms in total. The Morgan fingerprint density at radius 1 is 1.43 bits per heavy atom. The number of nitrogens with one attached hydrogen (secondary N) is 2. The molecule has 0 saturated heterocycles. The standard InChI is InChI=1S/C9H18N2O3/c1-3-4-8(12)11-6-5-7(10-2)9(13)14/h7,10H,3-6H2,1-2H3,(H,11,12)(H,13,14)/t7-/m1/s1. The zero-order chi connectivity index (χ0) is 11.0. The second-order valence-electron chi connectivity index (χ2n) is 3.07. The molecule has 82 valence electrons. The number of carbonyl (C=O) groups excluding carboxylic acids is 1. The highest BCUT2D eigenvalue weighted by Crippen LogP contribution is 1.91. The summed E-state index contributed by atoms with van der Waals surface area (Å²) in [5, 5.41) is 14.0. The number of aliphatic carboxylic acids is 1. The SMILES string of the molecule is CCCC(=O)NCC[C@@H](NC)C(=O)O. The van der Waals surface area contributed by atoms with Crippen LogP contribution in [0.4, 0.5) is 0 Å². The zero-order valence-corrected chi connectivity index (χ0v) is 8.67. The molecule has 0 radical (unpaired) electrons. The van der Waals surface area contributed by atoms with Crippen LogP contribution in [0.25, 0.3) is 0 Å². The average Bonchev–Trinajstić information content (AvgIpc) is 2.12. The third-order valence-corrected chi connectivity index (χ3v) is 1.88. The van der Waals surface area contributed by atoms with E-state index in [0.29, 0.717) is 19.4 Å². The lowest BCUT2D eigenvalue weighted by Gasteiger charge is -2.11. The summed E-state index contributed by atoms with van der Waals surface area (Å²) >= 11 is 0. The summed E-state index contributed by atoms with van der Waals surface area (Å²) in [4.78, 5) is 21.6. The number of amides is 1. The molecule has 0 rings (SSSR count). The normalized spacial score (nSPS) is 12.1. The number of likely N-dealkylation sites (N-methyl/N-ethyl adjacent to an activating group) is 1. The molecular formula is C9H18N2O3. The molecule has 1 atom stereocenters. The van der Waals surface area contributed by atoms with E-state index in [9.17, 15) is 9.59 Å². The van der Waals surface area contributed by atoms with E-state index < -0.39 is 12.0 Å². The van der Waals surface area contributed by atoms with Crippen LogP contribution in [0, 0.1) is 0 Å². The van der Waals surface area contributed by atoms with Gasteiger partial charge in [-0.15, -0.1) is 0 Å². The Morgan fingerprint density at radius 3 is 2.50 bits per heavy atom. The first kappa shape index (κ1) is 12.9. The molecule has 0 aromatic rings. The molecule has 0 aromatic heterocycles. The summed E-state index contributed by atoms with van der Waals surface area (Å²) in [7, 11) is 1.59. The number of rotatable bonds is 7. The minimum absolute atomic E-state index is 0.0206. The molecule has 0 bridgehead atoms. The van der Waals surface area contributed by atoms with Gasteiger partial charge in [-0.1, -0.05) is 6.92 Å². The Labute approximate surface area is 83.9 Å². The third-order valence-electron chi connectivity index (χ3n) is 1.88. The number of carboxylic acids is 1. The molecule has 5 heteroatoms. The fourth-order valence-corrected chi connectivity index (χ4v) is 1.06. The summed E-state index contributed by atoms with van der Waals surface area (Å²) in [5.41, 5.74) is 0. The second-order valence-corrected chi connectivity index (χ2v) is 3.07. The first-order valence-corrected chi connectivity index (χ1v) is 4.78. The highest BCUT2D eigenvalue weighted by molar-refractivity contribution is 5.76. The molecule has 0 aromatic carbocycles. The van der Waals surface area contributed by atoms with Crippen molar-refractivity contribution in [3.05, 3.63) is 0 Å². The molecule has 0 saturated carbocycles. The van der Waals surface area contributed by atoms with E-state index in [0.717, 1.165) is 6.42 Å². The molecule has 0 heterocycles. The first-order valence-electron chi connectivity index (χ1n) is 4.78. The summed E-state index contributed by atoms with van der Waals surface area (Å²) in [5.74, 6) is -0.912. The van der Waals surface area contributed by atoms with E-state index in [2.05, 4.69) is 10.6 Å². The predicted molar refractivity (Wildman–Crippen MR) is 53.0 cm³/mol. The van der Waals surface area contributed by atoms with Crippen LogP contribution in [-0.2, 0) is 9.59 Å². The largest absolute Gasteiger partial charge is 0.480 e. The van der Waals surface area contributed by atoms with Crippen LogP contribution in [0.2, 0.25) is 0 Å².